The Morgan fingerprint density at radius 3 is 3.11 bits per heavy atom. The van der Waals surface area contributed by atoms with Crippen molar-refractivity contribution in [2.24, 2.45) is 5.92 Å². The fourth-order valence-corrected chi connectivity index (χ4v) is 3.40. The summed E-state index contributed by atoms with van der Waals surface area (Å²) in [6, 6.07) is 8.59. The van der Waals surface area contributed by atoms with Gasteiger partial charge >= 0.3 is 0 Å². The van der Waals surface area contributed by atoms with Crippen LogP contribution in [-0.2, 0) is 6.42 Å². The maximum Gasteiger partial charge on any atom is 0.0743 e. The first-order chi connectivity index (χ1) is 9.34. The van der Waals surface area contributed by atoms with E-state index in [0.29, 0.717) is 5.92 Å². The van der Waals surface area contributed by atoms with E-state index in [4.69, 9.17) is 0 Å². The number of aliphatic hydroxyl groups excluding tert-OH is 1. The van der Waals surface area contributed by atoms with E-state index in [1.807, 2.05) is 0 Å². The number of aliphatic hydroxyl groups is 1. The molecule has 19 heavy (non-hydrogen) atoms. The van der Waals surface area contributed by atoms with Gasteiger partial charge in [-0.15, -0.1) is 0 Å². The van der Waals surface area contributed by atoms with E-state index in [1.54, 1.807) is 0 Å². The second-order valence-electron chi connectivity index (χ2n) is 5.83. The molecule has 2 heterocycles. The molecule has 1 fully saturated rings. The Morgan fingerprint density at radius 2 is 2.16 bits per heavy atom. The van der Waals surface area contributed by atoms with Crippen molar-refractivity contribution in [3.63, 3.8) is 0 Å². The third-order valence-electron chi connectivity index (χ3n) is 4.56. The van der Waals surface area contributed by atoms with Gasteiger partial charge in [0.15, 0.2) is 0 Å². The van der Waals surface area contributed by atoms with Gasteiger partial charge in [-0.05, 0) is 56.3 Å². The lowest BCUT2D eigenvalue weighted by Crippen LogP contribution is -2.36. The monoisotopic (exact) mass is 260 g/mol. The van der Waals surface area contributed by atoms with Crippen LogP contribution < -0.4 is 10.2 Å². The number of benzene rings is 1. The number of anilines is 1. The van der Waals surface area contributed by atoms with E-state index >= 15 is 0 Å². The fourth-order valence-electron chi connectivity index (χ4n) is 3.40. The summed E-state index contributed by atoms with van der Waals surface area (Å²) < 4.78 is 0. The number of nitrogens with one attached hydrogen (secondary N) is 1. The Morgan fingerprint density at radius 1 is 1.26 bits per heavy atom. The van der Waals surface area contributed by atoms with Gasteiger partial charge in [0.2, 0.25) is 0 Å². The molecule has 2 N–H and O–H groups in total. The standard InChI is InChI=1S/C16H24N2O/c19-16(14-5-3-9-17-10-7-14)12-18-11-8-13-4-1-2-6-15(13)18/h1-2,4,6,14,16-17,19H,3,5,7-12H2. The van der Waals surface area contributed by atoms with Crippen molar-refractivity contribution in [3.05, 3.63) is 29.8 Å². The molecular formula is C16H24N2O. The molecule has 3 nitrogen and oxygen atoms in total. The summed E-state index contributed by atoms with van der Waals surface area (Å²) in [5, 5.41) is 13.9. The van der Waals surface area contributed by atoms with E-state index in [0.717, 1.165) is 45.4 Å². The minimum Gasteiger partial charge on any atom is -0.391 e. The summed E-state index contributed by atoms with van der Waals surface area (Å²) in [6.07, 6.45) is 4.39. The Bertz CT molecular complexity index is 413. The molecule has 1 saturated heterocycles. The Hall–Kier alpha value is -1.06. The van der Waals surface area contributed by atoms with Crippen molar-refractivity contribution in [3.8, 4) is 0 Å². The molecule has 0 spiro atoms. The number of rotatable bonds is 3. The zero-order valence-corrected chi connectivity index (χ0v) is 11.5. The van der Waals surface area contributed by atoms with Crippen molar-refractivity contribution in [2.75, 3.05) is 31.1 Å². The highest BCUT2D eigenvalue weighted by Crippen LogP contribution is 2.29. The molecule has 2 aliphatic heterocycles. The molecule has 1 aromatic carbocycles. The molecule has 0 radical (unpaired) electrons. The van der Waals surface area contributed by atoms with Crippen LogP contribution in [0.2, 0.25) is 0 Å². The lowest BCUT2D eigenvalue weighted by molar-refractivity contribution is 0.106. The van der Waals surface area contributed by atoms with Gasteiger partial charge in [0.1, 0.15) is 0 Å². The van der Waals surface area contributed by atoms with Crippen molar-refractivity contribution in [1.82, 2.24) is 5.32 Å². The van der Waals surface area contributed by atoms with Gasteiger partial charge in [-0.25, -0.2) is 0 Å². The first kappa shape index (κ1) is 12.9. The third kappa shape index (κ3) is 2.93. The molecular weight excluding hydrogens is 236 g/mol. The quantitative estimate of drug-likeness (QED) is 0.870. The van der Waals surface area contributed by atoms with Crippen molar-refractivity contribution in [2.45, 2.75) is 31.8 Å². The van der Waals surface area contributed by atoms with Gasteiger partial charge in [0, 0.05) is 18.8 Å². The van der Waals surface area contributed by atoms with Gasteiger partial charge in [-0.2, -0.15) is 0 Å². The van der Waals surface area contributed by atoms with Crippen LogP contribution in [0.5, 0.6) is 0 Å². The van der Waals surface area contributed by atoms with Crippen LogP contribution in [0.3, 0.4) is 0 Å². The van der Waals surface area contributed by atoms with Gasteiger partial charge in [-0.3, -0.25) is 0 Å². The highest BCUT2D eigenvalue weighted by atomic mass is 16.3. The van der Waals surface area contributed by atoms with Crippen molar-refractivity contribution < 1.29 is 5.11 Å². The van der Waals surface area contributed by atoms with Crippen molar-refractivity contribution in [1.29, 1.82) is 0 Å². The highest BCUT2D eigenvalue weighted by Gasteiger charge is 2.25. The molecule has 2 aliphatic rings. The zero-order valence-electron chi connectivity index (χ0n) is 11.5. The summed E-state index contributed by atoms with van der Waals surface area (Å²) in [5.41, 5.74) is 2.76. The summed E-state index contributed by atoms with van der Waals surface area (Å²) >= 11 is 0. The molecule has 104 valence electrons. The zero-order chi connectivity index (χ0) is 13.1. The minimum atomic E-state index is -0.189. The van der Waals surface area contributed by atoms with E-state index in [-0.39, 0.29) is 6.10 Å². The van der Waals surface area contributed by atoms with E-state index in [2.05, 4.69) is 34.5 Å². The average molecular weight is 260 g/mol. The second-order valence-corrected chi connectivity index (χ2v) is 5.83. The smallest absolute Gasteiger partial charge is 0.0743 e. The molecule has 0 amide bonds. The summed E-state index contributed by atoms with van der Waals surface area (Å²) in [6.45, 7) is 4.01. The van der Waals surface area contributed by atoms with Crippen molar-refractivity contribution >= 4 is 5.69 Å². The van der Waals surface area contributed by atoms with E-state index < -0.39 is 0 Å². The Kier molecular flexibility index (Phi) is 4.04. The molecule has 2 unspecified atom stereocenters. The number of hydrogen-bond acceptors (Lipinski definition) is 3. The molecule has 1 aromatic rings. The Balaban J connectivity index is 1.62. The average Bonchev–Trinajstić information content (AvgIpc) is 2.66. The van der Waals surface area contributed by atoms with Crippen LogP contribution in [0.1, 0.15) is 24.8 Å². The SMILES string of the molecule is OC(CN1CCc2ccccc21)C1CCCNCC1. The number of para-hydroxylation sites is 1. The number of hydrogen-bond donors (Lipinski definition) is 2. The van der Waals surface area contributed by atoms with Crippen LogP contribution in [0.4, 0.5) is 5.69 Å². The van der Waals surface area contributed by atoms with Gasteiger partial charge < -0.3 is 15.3 Å². The minimum absolute atomic E-state index is 0.189. The first-order valence-corrected chi connectivity index (χ1v) is 7.56. The van der Waals surface area contributed by atoms with Gasteiger partial charge in [0.05, 0.1) is 6.10 Å². The largest absolute Gasteiger partial charge is 0.391 e. The highest BCUT2D eigenvalue weighted by molar-refractivity contribution is 5.57. The number of fused-ring (bicyclic) bond motifs is 1. The van der Waals surface area contributed by atoms with Crippen LogP contribution in [0.15, 0.2) is 24.3 Å². The maximum atomic E-state index is 10.5. The lowest BCUT2D eigenvalue weighted by Gasteiger charge is -2.27. The lowest BCUT2D eigenvalue weighted by atomic mass is 9.94. The van der Waals surface area contributed by atoms with Crippen LogP contribution in [0, 0.1) is 5.92 Å². The van der Waals surface area contributed by atoms with E-state index in [1.165, 1.54) is 17.7 Å². The Labute approximate surface area is 115 Å². The predicted octanol–water partition coefficient (Wildman–Crippen LogP) is 1.80. The summed E-state index contributed by atoms with van der Waals surface area (Å²) in [5.74, 6) is 0.461. The molecule has 0 bridgehead atoms. The third-order valence-corrected chi connectivity index (χ3v) is 4.56. The first-order valence-electron chi connectivity index (χ1n) is 7.56. The molecule has 0 aliphatic carbocycles. The van der Waals surface area contributed by atoms with Gasteiger partial charge in [-0.1, -0.05) is 18.2 Å². The fraction of sp³-hybridized carbons (Fsp3) is 0.625. The van der Waals surface area contributed by atoms with Crippen LogP contribution >= 0.6 is 0 Å². The maximum absolute atomic E-state index is 10.5. The molecule has 0 aromatic heterocycles. The van der Waals surface area contributed by atoms with Gasteiger partial charge in [0.25, 0.3) is 0 Å². The van der Waals surface area contributed by atoms with E-state index in [9.17, 15) is 5.11 Å². The molecule has 3 heteroatoms. The summed E-state index contributed by atoms with van der Waals surface area (Å²) in [4.78, 5) is 2.36. The van der Waals surface area contributed by atoms with Crippen LogP contribution in [-0.4, -0.2) is 37.4 Å². The number of β-amino-alcohol motifs (C(OH)–C–C–N with tert-alkyl or cyclic N) is 1. The van der Waals surface area contributed by atoms with Crippen LogP contribution in [0.25, 0.3) is 0 Å². The number of nitrogens with zero attached hydrogens (tertiary/aromatic N) is 1. The summed E-state index contributed by atoms with van der Waals surface area (Å²) in [7, 11) is 0. The molecule has 0 saturated carbocycles. The second kappa shape index (κ2) is 5.93. The molecule has 3 rings (SSSR count). The topological polar surface area (TPSA) is 35.5 Å². The molecule has 2 atom stereocenters. The normalized spacial score (nSPS) is 24.9. The predicted molar refractivity (Wildman–Crippen MR) is 78.6 cm³/mol.